The summed E-state index contributed by atoms with van der Waals surface area (Å²) in [5, 5.41) is 4.09. The number of hydrogen-bond acceptors (Lipinski definition) is 6. The van der Waals surface area contributed by atoms with Crippen LogP contribution in [-0.4, -0.2) is 32.4 Å². The molecule has 1 aliphatic rings. The van der Waals surface area contributed by atoms with E-state index in [1.54, 1.807) is 18.5 Å². The average Bonchev–Trinajstić information content (AvgIpc) is 2.68. The molecule has 1 aromatic carbocycles. The Morgan fingerprint density at radius 2 is 2.00 bits per heavy atom. The molecular formula is C21H22F2N6O2. The van der Waals surface area contributed by atoms with Crippen LogP contribution in [0.3, 0.4) is 0 Å². The summed E-state index contributed by atoms with van der Waals surface area (Å²) in [6.07, 6.45) is 4.55. The van der Waals surface area contributed by atoms with E-state index in [-0.39, 0.29) is 25.3 Å². The molecule has 2 heterocycles. The highest BCUT2D eigenvalue weighted by molar-refractivity contribution is 6.00. The smallest absolute Gasteiger partial charge is 0.261 e. The van der Waals surface area contributed by atoms with Crippen molar-refractivity contribution in [1.29, 1.82) is 0 Å². The summed E-state index contributed by atoms with van der Waals surface area (Å²) >= 11 is 0. The van der Waals surface area contributed by atoms with Gasteiger partial charge < -0.3 is 21.4 Å². The van der Waals surface area contributed by atoms with Gasteiger partial charge in [-0.15, -0.1) is 0 Å². The Hall–Kier alpha value is -3.56. The highest BCUT2D eigenvalue weighted by Crippen LogP contribution is 2.42. The number of halogens is 2. The SMILES string of the molecule is CCc1c(-c2cnc(N)nc2)cc2ccn(CC(N)=O)c(=O)c2c1NC1CC(F)(F)C1. The molecule has 3 aromatic rings. The second-order valence-electron chi connectivity index (χ2n) is 7.75. The molecule has 0 aliphatic heterocycles. The maximum Gasteiger partial charge on any atom is 0.261 e. The minimum Gasteiger partial charge on any atom is -0.381 e. The molecule has 0 bridgehead atoms. The van der Waals surface area contributed by atoms with Gasteiger partial charge in [0.2, 0.25) is 11.9 Å². The van der Waals surface area contributed by atoms with Gasteiger partial charge in [-0.25, -0.2) is 18.7 Å². The van der Waals surface area contributed by atoms with E-state index >= 15 is 0 Å². The van der Waals surface area contributed by atoms with E-state index in [1.165, 1.54) is 10.8 Å². The largest absolute Gasteiger partial charge is 0.381 e. The van der Waals surface area contributed by atoms with Crippen LogP contribution in [0.5, 0.6) is 0 Å². The number of nitrogens with zero attached hydrogens (tertiary/aromatic N) is 3. The first-order valence-electron chi connectivity index (χ1n) is 9.88. The molecule has 31 heavy (non-hydrogen) atoms. The van der Waals surface area contributed by atoms with E-state index < -0.39 is 23.4 Å². The van der Waals surface area contributed by atoms with Crippen LogP contribution < -0.4 is 22.3 Å². The Balaban J connectivity index is 1.95. The molecule has 0 saturated heterocycles. The third-order valence-electron chi connectivity index (χ3n) is 5.48. The van der Waals surface area contributed by atoms with Crippen molar-refractivity contribution in [1.82, 2.24) is 14.5 Å². The number of aromatic nitrogens is 3. The summed E-state index contributed by atoms with van der Waals surface area (Å²) in [5.74, 6) is -3.23. The number of nitrogens with two attached hydrogens (primary N) is 2. The second kappa shape index (κ2) is 7.60. The number of nitrogens with one attached hydrogen (secondary N) is 1. The molecule has 0 atom stereocenters. The lowest BCUT2D eigenvalue weighted by molar-refractivity contribution is -0.118. The number of anilines is 2. The van der Waals surface area contributed by atoms with Crippen LogP contribution in [0.4, 0.5) is 20.4 Å². The van der Waals surface area contributed by atoms with Crippen LogP contribution in [0.1, 0.15) is 25.3 Å². The number of rotatable bonds is 6. The number of primary amides is 1. The van der Waals surface area contributed by atoms with E-state index in [2.05, 4.69) is 15.3 Å². The minimum absolute atomic E-state index is 0.131. The highest BCUT2D eigenvalue weighted by atomic mass is 19.3. The molecule has 0 unspecified atom stereocenters. The van der Waals surface area contributed by atoms with Crippen LogP contribution >= 0.6 is 0 Å². The summed E-state index contributed by atoms with van der Waals surface area (Å²) in [7, 11) is 0. The fourth-order valence-electron chi connectivity index (χ4n) is 4.01. The highest BCUT2D eigenvalue weighted by Gasteiger charge is 2.45. The van der Waals surface area contributed by atoms with Crippen LogP contribution in [0.25, 0.3) is 21.9 Å². The zero-order chi connectivity index (χ0) is 22.3. The Labute approximate surface area is 176 Å². The second-order valence-corrected chi connectivity index (χ2v) is 7.75. The lowest BCUT2D eigenvalue weighted by Gasteiger charge is -2.37. The first kappa shape index (κ1) is 20.7. The first-order chi connectivity index (χ1) is 14.7. The van der Waals surface area contributed by atoms with Crippen molar-refractivity contribution >= 4 is 28.3 Å². The number of benzene rings is 1. The lowest BCUT2D eigenvalue weighted by atomic mass is 9.86. The third-order valence-corrected chi connectivity index (χ3v) is 5.48. The Kier molecular flexibility index (Phi) is 5.08. The van der Waals surface area contributed by atoms with E-state index in [9.17, 15) is 18.4 Å². The summed E-state index contributed by atoms with van der Waals surface area (Å²) in [6.45, 7) is 1.64. The lowest BCUT2D eigenvalue weighted by Crippen LogP contribution is -2.44. The van der Waals surface area contributed by atoms with Gasteiger partial charge in [0.25, 0.3) is 11.5 Å². The molecule has 1 saturated carbocycles. The molecule has 1 amide bonds. The topological polar surface area (TPSA) is 129 Å². The average molecular weight is 428 g/mol. The van der Waals surface area contributed by atoms with Crippen LogP contribution in [0.2, 0.25) is 0 Å². The molecule has 0 radical (unpaired) electrons. The number of carbonyl (C=O) groups is 1. The summed E-state index contributed by atoms with van der Waals surface area (Å²) in [4.78, 5) is 32.6. The quantitative estimate of drug-likeness (QED) is 0.553. The Morgan fingerprint density at radius 1 is 1.32 bits per heavy atom. The van der Waals surface area contributed by atoms with Gasteiger partial charge >= 0.3 is 0 Å². The monoisotopic (exact) mass is 428 g/mol. The standard InChI is InChI=1S/C21H22F2N6O2/c1-2-14-15(12-8-26-20(25)27-9-12)5-11-3-4-29(10-16(24)30)19(31)17(11)18(14)28-13-6-21(22,23)7-13/h3-5,8-9,13,28H,2,6-7,10H2,1H3,(H2,24,30)(H2,25,26,27). The first-order valence-corrected chi connectivity index (χ1v) is 9.88. The fourth-order valence-corrected chi connectivity index (χ4v) is 4.01. The molecule has 5 N–H and O–H groups in total. The van der Waals surface area contributed by atoms with Gasteiger partial charge in [-0.1, -0.05) is 6.92 Å². The fraction of sp³-hybridized carbons (Fsp3) is 0.333. The number of hydrogen-bond donors (Lipinski definition) is 3. The maximum atomic E-state index is 13.5. The molecule has 0 spiro atoms. The predicted molar refractivity (Wildman–Crippen MR) is 114 cm³/mol. The van der Waals surface area contributed by atoms with Crippen LogP contribution in [0.15, 0.2) is 35.5 Å². The van der Waals surface area contributed by atoms with Crippen molar-refractivity contribution in [2.75, 3.05) is 11.1 Å². The summed E-state index contributed by atoms with van der Waals surface area (Å²) in [5.41, 5.74) is 13.2. The Morgan fingerprint density at radius 3 is 2.58 bits per heavy atom. The number of carbonyl (C=O) groups excluding carboxylic acids is 1. The zero-order valence-electron chi connectivity index (χ0n) is 16.9. The normalized spacial score (nSPS) is 15.6. The van der Waals surface area contributed by atoms with Gasteiger partial charge in [0.1, 0.15) is 6.54 Å². The number of fused-ring (bicyclic) bond motifs is 1. The van der Waals surface area contributed by atoms with Gasteiger partial charge in [0.15, 0.2) is 0 Å². The minimum atomic E-state index is -2.71. The van der Waals surface area contributed by atoms with E-state index in [4.69, 9.17) is 11.5 Å². The molecule has 1 fully saturated rings. The maximum absolute atomic E-state index is 13.5. The van der Waals surface area contributed by atoms with E-state index in [1.807, 2.05) is 13.0 Å². The third kappa shape index (κ3) is 3.92. The van der Waals surface area contributed by atoms with Crippen molar-refractivity contribution < 1.29 is 13.6 Å². The predicted octanol–water partition coefficient (Wildman–Crippen LogP) is 2.30. The number of amides is 1. The van der Waals surface area contributed by atoms with Gasteiger partial charge in [-0.3, -0.25) is 9.59 Å². The van der Waals surface area contributed by atoms with Gasteiger partial charge in [0, 0.05) is 43.0 Å². The van der Waals surface area contributed by atoms with Crippen LogP contribution in [-0.2, 0) is 17.8 Å². The molecule has 162 valence electrons. The van der Waals surface area contributed by atoms with E-state index in [0.29, 0.717) is 28.4 Å². The molecule has 8 nitrogen and oxygen atoms in total. The van der Waals surface area contributed by atoms with Crippen molar-refractivity contribution in [3.05, 3.63) is 46.6 Å². The van der Waals surface area contributed by atoms with Crippen molar-refractivity contribution in [3.63, 3.8) is 0 Å². The molecule has 1 aliphatic carbocycles. The van der Waals surface area contributed by atoms with Crippen molar-refractivity contribution in [2.45, 2.75) is 44.7 Å². The van der Waals surface area contributed by atoms with Gasteiger partial charge in [-0.2, -0.15) is 0 Å². The summed E-state index contributed by atoms with van der Waals surface area (Å²) in [6, 6.07) is 3.06. The van der Waals surface area contributed by atoms with Crippen LogP contribution in [0, 0.1) is 0 Å². The number of pyridine rings is 1. The van der Waals surface area contributed by atoms with Crippen molar-refractivity contribution in [3.8, 4) is 11.1 Å². The Bertz CT molecular complexity index is 1220. The molecular weight excluding hydrogens is 406 g/mol. The zero-order valence-corrected chi connectivity index (χ0v) is 16.9. The molecule has 4 rings (SSSR count). The summed E-state index contributed by atoms with van der Waals surface area (Å²) < 4.78 is 28.2. The molecule has 2 aromatic heterocycles. The van der Waals surface area contributed by atoms with Gasteiger partial charge in [-0.05, 0) is 35.1 Å². The van der Waals surface area contributed by atoms with Gasteiger partial charge in [0.05, 0.1) is 11.1 Å². The van der Waals surface area contributed by atoms with Crippen molar-refractivity contribution in [2.24, 2.45) is 5.73 Å². The number of nitrogen functional groups attached to an aromatic ring is 1. The van der Waals surface area contributed by atoms with E-state index in [0.717, 1.165) is 11.1 Å². The number of alkyl halides is 2. The molecule has 10 heteroatoms.